The summed E-state index contributed by atoms with van der Waals surface area (Å²) < 4.78 is 3.91. The van der Waals surface area contributed by atoms with Gasteiger partial charge >= 0.3 is 0 Å². The third-order valence-corrected chi connectivity index (χ3v) is 4.01. The van der Waals surface area contributed by atoms with Gasteiger partial charge in [-0.3, -0.25) is 4.79 Å². The van der Waals surface area contributed by atoms with Crippen LogP contribution in [0.5, 0.6) is 0 Å². The van der Waals surface area contributed by atoms with Crippen LogP contribution in [0.3, 0.4) is 0 Å². The molecular formula is C12H14N2OS2. The lowest BCUT2D eigenvalue weighted by atomic mass is 9.90. The maximum absolute atomic E-state index is 12.2. The summed E-state index contributed by atoms with van der Waals surface area (Å²) in [7, 11) is 0. The van der Waals surface area contributed by atoms with Gasteiger partial charge in [0.1, 0.15) is 4.88 Å². The third-order valence-electron chi connectivity index (χ3n) is 2.37. The highest BCUT2D eigenvalue weighted by Crippen LogP contribution is 2.27. The summed E-state index contributed by atoms with van der Waals surface area (Å²) in [5.74, 6) is 0.118. The number of hydrogen-bond acceptors (Lipinski definition) is 5. The molecule has 0 fully saturated rings. The van der Waals surface area contributed by atoms with Crippen molar-refractivity contribution in [3.63, 3.8) is 0 Å². The van der Waals surface area contributed by atoms with Crippen LogP contribution in [-0.2, 0) is 11.8 Å². The van der Waals surface area contributed by atoms with Crippen LogP contribution in [-0.4, -0.2) is 15.4 Å². The van der Waals surface area contributed by atoms with Crippen molar-refractivity contribution < 1.29 is 4.79 Å². The van der Waals surface area contributed by atoms with Crippen LogP contribution in [0.2, 0.25) is 0 Å². The molecule has 2 rings (SSSR count). The molecule has 0 aliphatic rings. The van der Waals surface area contributed by atoms with E-state index in [-0.39, 0.29) is 11.2 Å². The summed E-state index contributed by atoms with van der Waals surface area (Å²) in [4.78, 5) is 14.0. The summed E-state index contributed by atoms with van der Waals surface area (Å²) in [6.45, 7) is 6.14. The van der Waals surface area contributed by atoms with E-state index in [1.165, 1.54) is 11.5 Å². The van der Waals surface area contributed by atoms with Gasteiger partial charge in [-0.15, -0.1) is 16.4 Å². The molecule has 0 unspecified atom stereocenters. The Morgan fingerprint density at radius 3 is 2.76 bits per heavy atom. The van der Waals surface area contributed by atoms with E-state index in [0.29, 0.717) is 11.3 Å². The molecule has 0 aliphatic carbocycles. The zero-order chi connectivity index (χ0) is 12.5. The van der Waals surface area contributed by atoms with Gasteiger partial charge in [0, 0.05) is 16.7 Å². The van der Waals surface area contributed by atoms with Crippen LogP contribution in [0.15, 0.2) is 17.5 Å². The van der Waals surface area contributed by atoms with Crippen LogP contribution < -0.4 is 0 Å². The predicted molar refractivity (Wildman–Crippen MR) is 71.0 cm³/mol. The van der Waals surface area contributed by atoms with Crippen molar-refractivity contribution in [1.29, 1.82) is 0 Å². The topological polar surface area (TPSA) is 42.9 Å². The summed E-state index contributed by atoms with van der Waals surface area (Å²) >= 11 is 2.81. The molecule has 0 aromatic carbocycles. The molecule has 90 valence electrons. The smallest absolute Gasteiger partial charge is 0.181 e. The number of nitrogens with zero attached hydrogens (tertiary/aromatic N) is 2. The SMILES string of the molecule is CC(C)(C)c1nnsc1C(=O)Cc1cccs1. The van der Waals surface area contributed by atoms with Gasteiger partial charge in [0.15, 0.2) is 5.78 Å². The lowest BCUT2D eigenvalue weighted by Gasteiger charge is -2.15. The monoisotopic (exact) mass is 266 g/mol. The lowest BCUT2D eigenvalue weighted by Crippen LogP contribution is -2.17. The second kappa shape index (κ2) is 4.66. The van der Waals surface area contributed by atoms with Crippen LogP contribution in [0, 0.1) is 0 Å². The third kappa shape index (κ3) is 2.79. The van der Waals surface area contributed by atoms with E-state index in [2.05, 4.69) is 9.59 Å². The Morgan fingerprint density at radius 2 is 2.18 bits per heavy atom. The molecule has 0 saturated carbocycles. The Labute approximate surface area is 109 Å². The van der Waals surface area contributed by atoms with Crippen molar-refractivity contribution in [1.82, 2.24) is 9.59 Å². The van der Waals surface area contributed by atoms with E-state index in [9.17, 15) is 4.79 Å². The van der Waals surface area contributed by atoms with Crippen LogP contribution in [0.1, 0.15) is 41.0 Å². The summed E-state index contributed by atoms with van der Waals surface area (Å²) in [6.07, 6.45) is 0.449. The van der Waals surface area contributed by atoms with Gasteiger partial charge < -0.3 is 0 Å². The van der Waals surface area contributed by atoms with Crippen LogP contribution >= 0.6 is 22.9 Å². The maximum Gasteiger partial charge on any atom is 0.181 e. The van der Waals surface area contributed by atoms with E-state index in [4.69, 9.17) is 0 Å². The fourth-order valence-electron chi connectivity index (χ4n) is 1.52. The maximum atomic E-state index is 12.2. The van der Waals surface area contributed by atoms with Gasteiger partial charge in [-0.1, -0.05) is 31.3 Å². The molecule has 0 saturated heterocycles. The van der Waals surface area contributed by atoms with E-state index < -0.39 is 0 Å². The van der Waals surface area contributed by atoms with E-state index in [0.717, 1.165) is 10.6 Å². The first-order valence-electron chi connectivity index (χ1n) is 5.37. The highest BCUT2D eigenvalue weighted by Gasteiger charge is 2.26. The van der Waals surface area contributed by atoms with Gasteiger partial charge in [-0.05, 0) is 23.0 Å². The number of hydrogen-bond donors (Lipinski definition) is 0. The Balaban J connectivity index is 2.23. The highest BCUT2D eigenvalue weighted by atomic mass is 32.1. The molecule has 2 aromatic heterocycles. The molecule has 0 bridgehead atoms. The Kier molecular flexibility index (Phi) is 3.40. The molecule has 0 aliphatic heterocycles. The molecule has 2 heterocycles. The molecule has 2 aromatic rings. The van der Waals surface area contributed by atoms with E-state index in [1.807, 2.05) is 38.3 Å². The van der Waals surface area contributed by atoms with Crippen molar-refractivity contribution in [2.24, 2.45) is 0 Å². The second-order valence-electron chi connectivity index (χ2n) is 4.88. The number of thiophene rings is 1. The molecule has 0 N–H and O–H groups in total. The standard InChI is InChI=1S/C12H14N2OS2/c1-12(2,3)11-10(17-14-13-11)9(15)7-8-5-4-6-16-8/h4-6H,7H2,1-3H3. The second-order valence-corrected chi connectivity index (χ2v) is 6.67. The number of Topliss-reactive ketones (excluding diaryl/α,β-unsaturated/α-hetero) is 1. The molecule has 0 spiro atoms. The van der Waals surface area contributed by atoms with Crippen molar-refractivity contribution in [2.75, 3.05) is 0 Å². The zero-order valence-corrected chi connectivity index (χ0v) is 11.7. The predicted octanol–water partition coefficient (Wildman–Crippen LogP) is 3.32. The first kappa shape index (κ1) is 12.4. The molecule has 0 radical (unpaired) electrons. The largest absolute Gasteiger partial charge is 0.293 e. The number of aromatic nitrogens is 2. The van der Waals surface area contributed by atoms with Gasteiger partial charge in [0.25, 0.3) is 0 Å². The minimum atomic E-state index is -0.132. The minimum Gasteiger partial charge on any atom is -0.293 e. The van der Waals surface area contributed by atoms with Crippen LogP contribution in [0.25, 0.3) is 0 Å². The van der Waals surface area contributed by atoms with Crippen molar-refractivity contribution in [3.05, 3.63) is 33.0 Å². The zero-order valence-electron chi connectivity index (χ0n) is 10.1. The summed E-state index contributed by atoms with van der Waals surface area (Å²) in [6, 6.07) is 3.94. The summed E-state index contributed by atoms with van der Waals surface area (Å²) in [5, 5.41) is 6.07. The van der Waals surface area contributed by atoms with Gasteiger partial charge in [0.2, 0.25) is 0 Å². The van der Waals surface area contributed by atoms with Crippen molar-refractivity contribution in [3.8, 4) is 0 Å². The first-order chi connectivity index (χ1) is 7.98. The number of ketones is 1. The average Bonchev–Trinajstić information content (AvgIpc) is 2.85. The number of rotatable bonds is 3. The molecule has 3 nitrogen and oxygen atoms in total. The van der Waals surface area contributed by atoms with Crippen LogP contribution in [0.4, 0.5) is 0 Å². The van der Waals surface area contributed by atoms with E-state index >= 15 is 0 Å². The highest BCUT2D eigenvalue weighted by molar-refractivity contribution is 7.10. The van der Waals surface area contributed by atoms with Crippen molar-refractivity contribution in [2.45, 2.75) is 32.6 Å². The first-order valence-corrected chi connectivity index (χ1v) is 7.02. The Bertz CT molecular complexity index is 509. The number of carbonyl (C=O) groups is 1. The average molecular weight is 266 g/mol. The Hall–Kier alpha value is -1.07. The van der Waals surface area contributed by atoms with Gasteiger partial charge in [-0.2, -0.15) is 0 Å². The Morgan fingerprint density at radius 1 is 1.41 bits per heavy atom. The molecular weight excluding hydrogens is 252 g/mol. The van der Waals surface area contributed by atoms with E-state index in [1.54, 1.807) is 11.3 Å². The molecule has 0 atom stereocenters. The number of carbonyl (C=O) groups excluding carboxylic acids is 1. The fraction of sp³-hybridized carbons (Fsp3) is 0.417. The quantitative estimate of drug-likeness (QED) is 0.800. The normalized spacial score (nSPS) is 11.7. The molecule has 17 heavy (non-hydrogen) atoms. The molecule has 0 amide bonds. The lowest BCUT2D eigenvalue weighted by molar-refractivity contribution is 0.0995. The minimum absolute atomic E-state index is 0.118. The fourth-order valence-corrected chi connectivity index (χ4v) is 3.03. The van der Waals surface area contributed by atoms with Crippen molar-refractivity contribution >= 4 is 28.7 Å². The summed E-state index contributed by atoms with van der Waals surface area (Å²) in [5.41, 5.74) is 0.678. The van der Waals surface area contributed by atoms with Gasteiger partial charge in [0.05, 0.1) is 5.69 Å². The molecule has 5 heteroatoms. The van der Waals surface area contributed by atoms with Gasteiger partial charge in [-0.25, -0.2) is 0 Å².